The van der Waals surface area contributed by atoms with Gasteiger partial charge in [-0.3, -0.25) is 14.3 Å². The molecule has 12 heteroatoms. The molecule has 1 unspecified atom stereocenters. The highest BCUT2D eigenvalue weighted by Crippen LogP contribution is 2.47. The summed E-state index contributed by atoms with van der Waals surface area (Å²) in [5, 5.41) is 7.61. The normalized spacial score (nSPS) is 15.9. The largest absolute Gasteiger partial charge is 0.490 e. The maximum absolute atomic E-state index is 16.1. The minimum absolute atomic E-state index is 0.0200. The third-order valence-corrected chi connectivity index (χ3v) is 9.99. The highest BCUT2D eigenvalue weighted by atomic mass is 32.1. The number of thiophene rings is 1. The Bertz CT molecular complexity index is 2110. The Labute approximate surface area is 280 Å². The lowest BCUT2D eigenvalue weighted by Gasteiger charge is -2.33. The zero-order valence-electron chi connectivity index (χ0n) is 26.8. The molecule has 0 saturated heterocycles. The van der Waals surface area contributed by atoms with Gasteiger partial charge in [-0.05, 0) is 54.6 Å². The van der Waals surface area contributed by atoms with E-state index in [2.05, 4.69) is 6.58 Å². The lowest BCUT2D eigenvalue weighted by Crippen LogP contribution is -2.40. The van der Waals surface area contributed by atoms with Gasteiger partial charge in [0.25, 0.3) is 5.91 Å². The van der Waals surface area contributed by atoms with Crippen LogP contribution in [0.15, 0.2) is 60.5 Å². The number of rotatable bonds is 8. The molecule has 5 aromatic rings. The Morgan fingerprint density at radius 2 is 1.92 bits per heavy atom. The number of methoxy groups -OCH3 is 1. The predicted molar refractivity (Wildman–Crippen MR) is 180 cm³/mol. The van der Waals surface area contributed by atoms with E-state index in [1.165, 1.54) is 30.6 Å². The summed E-state index contributed by atoms with van der Waals surface area (Å²) < 4.78 is 44.4. The summed E-state index contributed by atoms with van der Waals surface area (Å²) in [7, 11) is 3.31. The van der Waals surface area contributed by atoms with Crippen LogP contribution in [-0.4, -0.2) is 76.8 Å². The second-order valence-electron chi connectivity index (χ2n) is 11.9. The first-order valence-electron chi connectivity index (χ1n) is 15.6. The van der Waals surface area contributed by atoms with Gasteiger partial charge < -0.3 is 19.3 Å². The molecule has 0 bridgehead atoms. The van der Waals surface area contributed by atoms with Crippen molar-refractivity contribution in [2.45, 2.75) is 25.9 Å². The average Bonchev–Trinajstić information content (AvgIpc) is 3.74. The number of nitrogens with zero attached hydrogens (tertiary/aromatic N) is 5. The average molecular weight is 670 g/mol. The van der Waals surface area contributed by atoms with Crippen molar-refractivity contribution in [1.82, 2.24) is 24.6 Å². The van der Waals surface area contributed by atoms with Crippen molar-refractivity contribution in [3.63, 3.8) is 0 Å². The Kier molecular flexibility index (Phi) is 8.30. The van der Waals surface area contributed by atoms with Crippen molar-refractivity contribution >= 4 is 33.2 Å². The molecule has 5 heterocycles. The third kappa shape index (κ3) is 5.34. The number of aromatic nitrogens is 3. The summed E-state index contributed by atoms with van der Waals surface area (Å²) in [5.74, 6) is -1.76. The van der Waals surface area contributed by atoms with Crippen molar-refractivity contribution in [2.24, 2.45) is 0 Å². The Hall–Kier alpha value is -4.94. The molecule has 246 valence electrons. The first-order chi connectivity index (χ1) is 23.2. The van der Waals surface area contributed by atoms with Gasteiger partial charge in [0.15, 0.2) is 0 Å². The number of amides is 2. The first kappa shape index (κ1) is 31.6. The molecule has 48 heavy (non-hydrogen) atoms. The van der Waals surface area contributed by atoms with Crippen LogP contribution < -0.4 is 4.74 Å². The van der Waals surface area contributed by atoms with Crippen molar-refractivity contribution in [1.29, 1.82) is 0 Å². The number of benzene rings is 2. The third-order valence-electron chi connectivity index (χ3n) is 9.05. The number of fused-ring (bicyclic) bond motifs is 3. The van der Waals surface area contributed by atoms with Crippen LogP contribution in [0.2, 0.25) is 0 Å². The maximum atomic E-state index is 16.1. The van der Waals surface area contributed by atoms with E-state index in [-0.39, 0.29) is 42.4 Å². The number of hydrogen-bond acceptors (Lipinski definition) is 7. The first-order valence-corrected chi connectivity index (χ1v) is 16.5. The van der Waals surface area contributed by atoms with E-state index >= 15 is 4.39 Å². The van der Waals surface area contributed by atoms with Crippen LogP contribution in [0.25, 0.3) is 43.9 Å². The van der Waals surface area contributed by atoms with Crippen LogP contribution in [0.1, 0.15) is 34.6 Å². The van der Waals surface area contributed by atoms with Crippen molar-refractivity contribution in [3.8, 4) is 39.5 Å². The van der Waals surface area contributed by atoms with Crippen LogP contribution in [-0.2, 0) is 22.5 Å². The summed E-state index contributed by atoms with van der Waals surface area (Å²) >= 11 is 1.41. The summed E-state index contributed by atoms with van der Waals surface area (Å²) in [6, 6.07) is 11.2. The van der Waals surface area contributed by atoms with E-state index in [0.717, 1.165) is 28.3 Å². The van der Waals surface area contributed by atoms with Gasteiger partial charge in [0.05, 0.1) is 36.1 Å². The van der Waals surface area contributed by atoms with Crippen molar-refractivity contribution < 1.29 is 27.8 Å². The summed E-state index contributed by atoms with van der Waals surface area (Å²) in [4.78, 5) is 34.1. The van der Waals surface area contributed by atoms with Gasteiger partial charge in [-0.1, -0.05) is 12.6 Å². The molecule has 2 amide bonds. The predicted octanol–water partition coefficient (Wildman–Crippen LogP) is 6.51. The van der Waals surface area contributed by atoms with E-state index in [9.17, 15) is 14.0 Å². The topological polar surface area (TPSA) is 89.8 Å². The fourth-order valence-electron chi connectivity index (χ4n) is 6.59. The van der Waals surface area contributed by atoms with Crippen LogP contribution >= 0.6 is 11.3 Å². The van der Waals surface area contributed by atoms with Crippen LogP contribution in [0.3, 0.4) is 0 Å². The smallest absolute Gasteiger partial charge is 0.253 e. The second-order valence-corrected chi connectivity index (χ2v) is 12.8. The Morgan fingerprint density at radius 1 is 1.08 bits per heavy atom. The van der Waals surface area contributed by atoms with Crippen molar-refractivity contribution in [2.75, 3.05) is 40.5 Å². The molecule has 0 saturated carbocycles. The van der Waals surface area contributed by atoms with Gasteiger partial charge in [-0.2, -0.15) is 5.10 Å². The Balaban J connectivity index is 1.48. The molecule has 2 aliphatic heterocycles. The molecule has 3 aromatic heterocycles. The zero-order chi connectivity index (χ0) is 33.7. The van der Waals surface area contributed by atoms with Gasteiger partial charge in [-0.15, -0.1) is 11.3 Å². The number of pyridine rings is 1. The van der Waals surface area contributed by atoms with E-state index in [0.29, 0.717) is 59.0 Å². The summed E-state index contributed by atoms with van der Waals surface area (Å²) in [6.45, 7) is 7.38. The lowest BCUT2D eigenvalue weighted by molar-refractivity contribution is -0.129. The van der Waals surface area contributed by atoms with Crippen LogP contribution in [0.4, 0.5) is 8.78 Å². The molecule has 0 radical (unpaired) electrons. The number of carbonyl (C=O) groups is 2. The van der Waals surface area contributed by atoms with Gasteiger partial charge >= 0.3 is 0 Å². The van der Waals surface area contributed by atoms with Gasteiger partial charge in [0.1, 0.15) is 35.4 Å². The van der Waals surface area contributed by atoms with E-state index in [1.807, 2.05) is 47.3 Å². The molecule has 0 N–H and O–H groups in total. The van der Waals surface area contributed by atoms with Crippen LogP contribution in [0, 0.1) is 11.6 Å². The molecule has 2 aliphatic rings. The molecule has 1 atom stereocenters. The number of carbonyl (C=O) groups excluding carboxylic acids is 2. The van der Waals surface area contributed by atoms with Gasteiger partial charge in [0, 0.05) is 66.2 Å². The fourth-order valence-corrected chi connectivity index (χ4v) is 7.54. The number of hydrogen-bond donors (Lipinski definition) is 0. The fraction of sp³-hybridized carbons (Fsp3) is 0.278. The quantitative estimate of drug-likeness (QED) is 0.138. The minimum Gasteiger partial charge on any atom is -0.490 e. The van der Waals surface area contributed by atoms with E-state index in [1.54, 1.807) is 16.8 Å². The van der Waals surface area contributed by atoms with E-state index < -0.39 is 11.6 Å². The van der Waals surface area contributed by atoms with Crippen molar-refractivity contribution in [3.05, 3.63) is 89.0 Å². The summed E-state index contributed by atoms with van der Waals surface area (Å²) in [5.41, 5.74) is 5.17. The molecule has 2 aromatic carbocycles. The lowest BCUT2D eigenvalue weighted by atomic mass is 9.93. The molecular formula is C36H33F2N5O4S. The monoisotopic (exact) mass is 669 g/mol. The maximum Gasteiger partial charge on any atom is 0.253 e. The minimum atomic E-state index is -0.801. The number of halogens is 2. The second kappa shape index (κ2) is 12.6. The number of ether oxygens (including phenoxy) is 2. The molecular weight excluding hydrogens is 636 g/mol. The SMILES string of the molecule is C=CC(=O)N1CCn2nc(-c3nc(-c4ccc5c(c4)CCN(C)C5=O)c4ccsc4c3-c3c(F)cc(F)cc3OCCOC)cc2C1C. The molecule has 9 nitrogen and oxygen atoms in total. The van der Waals surface area contributed by atoms with Gasteiger partial charge in [-0.25, -0.2) is 13.8 Å². The number of likely N-dealkylation sites (N-methyl/N-ethyl adjacent to an activating group) is 1. The summed E-state index contributed by atoms with van der Waals surface area (Å²) in [6.07, 6.45) is 2.00. The zero-order valence-corrected chi connectivity index (χ0v) is 27.6. The highest BCUT2D eigenvalue weighted by molar-refractivity contribution is 7.18. The van der Waals surface area contributed by atoms with E-state index in [4.69, 9.17) is 19.6 Å². The van der Waals surface area contributed by atoms with Crippen LogP contribution in [0.5, 0.6) is 5.75 Å². The van der Waals surface area contributed by atoms with Gasteiger partial charge in [0.2, 0.25) is 5.91 Å². The molecule has 0 spiro atoms. The molecule has 0 fully saturated rings. The molecule has 7 rings (SSSR count). The highest BCUT2D eigenvalue weighted by Gasteiger charge is 2.32. The standard InChI is InChI=1S/C36H33F2N5O4S/c1-5-30(44)42-11-12-43-28(20(42)2)19-27(40-43)34-32(31-26(38)17-23(37)18-29(31)47-14-13-46-4)35-25(9-15-48-35)33(39-34)22-6-7-24-21(16-22)8-10-41(3)36(24)45/h5-7,9,15-20H,1,8,10-14H2,2-4H3. The Morgan fingerprint density at radius 3 is 2.71 bits per heavy atom. The molecule has 0 aliphatic carbocycles.